The van der Waals surface area contributed by atoms with Gasteiger partial charge in [0.25, 0.3) is 0 Å². The van der Waals surface area contributed by atoms with Gasteiger partial charge in [-0.15, -0.1) is 0 Å². The molecule has 0 bridgehead atoms. The molecule has 2 aromatic carbocycles. The molecule has 2 rings (SSSR count). The third-order valence-electron chi connectivity index (χ3n) is 2.35. The zero-order chi connectivity index (χ0) is 13.7. The van der Waals surface area contributed by atoms with Crippen molar-refractivity contribution < 1.29 is 9.18 Å². The first-order valence-corrected chi connectivity index (χ1v) is 5.51. The molecule has 2 N–H and O–H groups in total. The van der Waals surface area contributed by atoms with Crippen LogP contribution in [-0.4, -0.2) is 6.03 Å². The van der Waals surface area contributed by atoms with Crippen LogP contribution < -0.4 is 10.6 Å². The van der Waals surface area contributed by atoms with Crippen molar-refractivity contribution in [3.63, 3.8) is 0 Å². The number of benzene rings is 2. The summed E-state index contributed by atoms with van der Waals surface area (Å²) in [4.78, 5) is 11.6. The average Bonchev–Trinajstić information content (AvgIpc) is 2.39. The van der Waals surface area contributed by atoms with Gasteiger partial charge in [0.2, 0.25) is 0 Å². The first-order chi connectivity index (χ1) is 9.17. The summed E-state index contributed by atoms with van der Waals surface area (Å²) in [5.74, 6) is -0.420. The molecule has 0 unspecified atom stereocenters. The SMILES string of the molecule is N#Cc1ccc(NC(=O)Nc2cccc(F)c2)cc1. The number of rotatable bonds is 2. The van der Waals surface area contributed by atoms with Crippen molar-refractivity contribution in [3.8, 4) is 6.07 Å². The van der Waals surface area contributed by atoms with E-state index in [0.29, 0.717) is 16.9 Å². The smallest absolute Gasteiger partial charge is 0.308 e. The van der Waals surface area contributed by atoms with Crippen molar-refractivity contribution in [3.05, 3.63) is 59.9 Å². The molecular weight excluding hydrogens is 245 g/mol. The minimum Gasteiger partial charge on any atom is -0.308 e. The van der Waals surface area contributed by atoms with E-state index in [4.69, 9.17) is 5.26 Å². The number of amides is 2. The summed E-state index contributed by atoms with van der Waals surface area (Å²) in [5.41, 5.74) is 1.43. The Kier molecular flexibility index (Phi) is 3.74. The van der Waals surface area contributed by atoms with Crippen LogP contribution in [0.2, 0.25) is 0 Å². The van der Waals surface area contributed by atoms with Gasteiger partial charge in [-0.1, -0.05) is 6.07 Å². The van der Waals surface area contributed by atoms with E-state index < -0.39 is 11.8 Å². The van der Waals surface area contributed by atoms with E-state index in [1.807, 2.05) is 6.07 Å². The molecule has 0 saturated carbocycles. The molecule has 4 nitrogen and oxygen atoms in total. The molecule has 0 aliphatic rings. The number of nitrogens with zero attached hydrogens (tertiary/aromatic N) is 1. The van der Waals surface area contributed by atoms with Crippen LogP contribution >= 0.6 is 0 Å². The summed E-state index contributed by atoms with van der Waals surface area (Å²) >= 11 is 0. The molecule has 0 atom stereocenters. The molecule has 0 spiro atoms. The molecule has 0 aromatic heterocycles. The summed E-state index contributed by atoms with van der Waals surface area (Å²) in [5, 5.41) is 13.7. The molecule has 0 radical (unpaired) electrons. The molecule has 19 heavy (non-hydrogen) atoms. The Bertz CT molecular complexity index is 632. The van der Waals surface area contributed by atoms with Gasteiger partial charge in [-0.2, -0.15) is 5.26 Å². The zero-order valence-corrected chi connectivity index (χ0v) is 9.85. The first-order valence-electron chi connectivity index (χ1n) is 5.51. The second kappa shape index (κ2) is 5.65. The predicted molar refractivity (Wildman–Crippen MR) is 70.2 cm³/mol. The topological polar surface area (TPSA) is 64.9 Å². The average molecular weight is 255 g/mol. The van der Waals surface area contributed by atoms with Crippen LogP contribution in [0.25, 0.3) is 0 Å². The largest absolute Gasteiger partial charge is 0.323 e. The number of carbonyl (C=O) groups is 1. The number of nitriles is 1. The second-order valence-electron chi connectivity index (χ2n) is 3.78. The number of hydrogen-bond donors (Lipinski definition) is 2. The molecule has 0 fully saturated rings. The Morgan fingerprint density at radius 1 is 1.05 bits per heavy atom. The lowest BCUT2D eigenvalue weighted by Gasteiger charge is -2.07. The fourth-order valence-corrected chi connectivity index (χ4v) is 1.49. The Hall–Kier alpha value is -2.87. The Morgan fingerprint density at radius 2 is 1.74 bits per heavy atom. The van der Waals surface area contributed by atoms with E-state index >= 15 is 0 Å². The third-order valence-corrected chi connectivity index (χ3v) is 2.35. The lowest BCUT2D eigenvalue weighted by molar-refractivity contribution is 0.262. The normalized spacial score (nSPS) is 9.47. The summed E-state index contributed by atoms with van der Waals surface area (Å²) in [7, 11) is 0. The highest BCUT2D eigenvalue weighted by Crippen LogP contribution is 2.12. The van der Waals surface area contributed by atoms with Gasteiger partial charge in [-0.05, 0) is 42.5 Å². The van der Waals surface area contributed by atoms with Crippen LogP contribution in [0.1, 0.15) is 5.56 Å². The predicted octanol–water partition coefficient (Wildman–Crippen LogP) is 3.34. The molecule has 2 aromatic rings. The zero-order valence-electron chi connectivity index (χ0n) is 9.85. The van der Waals surface area contributed by atoms with E-state index in [1.165, 1.54) is 18.2 Å². The number of halogens is 1. The summed E-state index contributed by atoms with van der Waals surface area (Å²) in [6.07, 6.45) is 0. The van der Waals surface area contributed by atoms with Gasteiger partial charge in [0.15, 0.2) is 0 Å². The van der Waals surface area contributed by atoms with Gasteiger partial charge >= 0.3 is 6.03 Å². The number of urea groups is 1. The Balaban J connectivity index is 1.99. The molecule has 94 valence electrons. The van der Waals surface area contributed by atoms with Crippen LogP contribution in [0.5, 0.6) is 0 Å². The lowest BCUT2D eigenvalue weighted by Crippen LogP contribution is -2.19. The maximum Gasteiger partial charge on any atom is 0.323 e. The molecule has 0 heterocycles. The van der Waals surface area contributed by atoms with Crippen LogP contribution in [0.15, 0.2) is 48.5 Å². The van der Waals surface area contributed by atoms with Gasteiger partial charge in [-0.3, -0.25) is 0 Å². The minimum atomic E-state index is -0.477. The number of nitrogens with one attached hydrogen (secondary N) is 2. The van der Waals surface area contributed by atoms with E-state index in [-0.39, 0.29) is 0 Å². The van der Waals surface area contributed by atoms with Crippen LogP contribution in [-0.2, 0) is 0 Å². The van der Waals surface area contributed by atoms with Gasteiger partial charge < -0.3 is 10.6 Å². The highest BCUT2D eigenvalue weighted by Gasteiger charge is 2.03. The van der Waals surface area contributed by atoms with Crippen LogP contribution in [0, 0.1) is 17.1 Å². The molecular formula is C14H10FN3O. The Morgan fingerprint density at radius 3 is 2.37 bits per heavy atom. The van der Waals surface area contributed by atoms with Crippen molar-refractivity contribution in [2.24, 2.45) is 0 Å². The maximum atomic E-state index is 12.9. The highest BCUT2D eigenvalue weighted by atomic mass is 19.1. The molecule has 0 saturated heterocycles. The van der Waals surface area contributed by atoms with Gasteiger partial charge in [0, 0.05) is 11.4 Å². The van der Waals surface area contributed by atoms with Crippen molar-refractivity contribution in [2.45, 2.75) is 0 Å². The summed E-state index contributed by atoms with van der Waals surface area (Å²) in [6, 6.07) is 13.5. The number of carbonyl (C=O) groups excluding carboxylic acids is 1. The lowest BCUT2D eigenvalue weighted by atomic mass is 10.2. The van der Waals surface area contributed by atoms with Gasteiger partial charge in [-0.25, -0.2) is 9.18 Å². The quantitative estimate of drug-likeness (QED) is 0.864. The van der Waals surface area contributed by atoms with E-state index in [0.717, 1.165) is 0 Å². The molecule has 0 aliphatic heterocycles. The summed E-state index contributed by atoms with van der Waals surface area (Å²) in [6.45, 7) is 0. The van der Waals surface area contributed by atoms with E-state index in [2.05, 4.69) is 10.6 Å². The number of hydrogen-bond acceptors (Lipinski definition) is 2. The fraction of sp³-hybridized carbons (Fsp3) is 0. The highest BCUT2D eigenvalue weighted by molar-refractivity contribution is 5.99. The minimum absolute atomic E-state index is 0.367. The maximum absolute atomic E-state index is 12.9. The van der Waals surface area contributed by atoms with Crippen molar-refractivity contribution in [1.82, 2.24) is 0 Å². The summed E-state index contributed by atoms with van der Waals surface area (Å²) < 4.78 is 12.9. The van der Waals surface area contributed by atoms with Crippen molar-refractivity contribution in [2.75, 3.05) is 10.6 Å². The molecule has 5 heteroatoms. The van der Waals surface area contributed by atoms with Gasteiger partial charge in [0.05, 0.1) is 11.6 Å². The standard InChI is InChI=1S/C14H10FN3O/c15-11-2-1-3-13(8-11)18-14(19)17-12-6-4-10(9-16)5-7-12/h1-8H,(H2,17,18,19). The number of anilines is 2. The molecule has 2 amide bonds. The second-order valence-corrected chi connectivity index (χ2v) is 3.78. The van der Waals surface area contributed by atoms with Crippen LogP contribution in [0.4, 0.5) is 20.6 Å². The monoisotopic (exact) mass is 255 g/mol. The Labute approximate surface area is 109 Å². The van der Waals surface area contributed by atoms with Crippen molar-refractivity contribution >= 4 is 17.4 Å². The molecule has 0 aliphatic carbocycles. The van der Waals surface area contributed by atoms with E-state index in [9.17, 15) is 9.18 Å². The first kappa shape index (κ1) is 12.6. The van der Waals surface area contributed by atoms with Crippen LogP contribution in [0.3, 0.4) is 0 Å². The van der Waals surface area contributed by atoms with Crippen molar-refractivity contribution in [1.29, 1.82) is 5.26 Å². The van der Waals surface area contributed by atoms with Gasteiger partial charge in [0.1, 0.15) is 5.82 Å². The fourth-order valence-electron chi connectivity index (χ4n) is 1.49. The van der Waals surface area contributed by atoms with E-state index in [1.54, 1.807) is 30.3 Å². The third kappa shape index (κ3) is 3.54.